The van der Waals surface area contributed by atoms with E-state index in [9.17, 15) is 9.90 Å². The number of aromatic carboxylic acids is 1. The molecule has 2 saturated carbocycles. The van der Waals surface area contributed by atoms with E-state index in [1.165, 1.54) is 38.3 Å². The highest BCUT2D eigenvalue weighted by Crippen LogP contribution is 2.55. The van der Waals surface area contributed by atoms with Crippen LogP contribution < -0.4 is 4.74 Å². The van der Waals surface area contributed by atoms with Gasteiger partial charge in [-0.25, -0.2) is 14.2 Å². The van der Waals surface area contributed by atoms with Crippen molar-refractivity contribution in [3.05, 3.63) is 77.9 Å². The summed E-state index contributed by atoms with van der Waals surface area (Å²) in [5.74, 6) is 0.676. The Hall–Kier alpha value is -3.94. The molecule has 2 fully saturated rings. The van der Waals surface area contributed by atoms with Crippen molar-refractivity contribution in [3.8, 4) is 22.6 Å². The van der Waals surface area contributed by atoms with Crippen molar-refractivity contribution in [2.24, 2.45) is 5.92 Å². The maximum absolute atomic E-state index is 12.2. The summed E-state index contributed by atoms with van der Waals surface area (Å²) < 4.78 is 10.0. The number of carbonyl (C=O) groups is 1. The van der Waals surface area contributed by atoms with Gasteiger partial charge in [0.2, 0.25) is 0 Å². The lowest BCUT2D eigenvalue weighted by molar-refractivity contribution is 0.0695. The average Bonchev–Trinajstić information content (AvgIpc) is 3.37. The van der Waals surface area contributed by atoms with E-state index in [-0.39, 0.29) is 29.5 Å². The Morgan fingerprint density at radius 1 is 1.00 bits per heavy atom. The molecule has 2 aliphatic carbocycles. The summed E-state index contributed by atoms with van der Waals surface area (Å²) in [5, 5.41) is 23.1. The van der Waals surface area contributed by atoms with Crippen molar-refractivity contribution in [2.75, 3.05) is 0 Å². The van der Waals surface area contributed by atoms with E-state index >= 15 is 0 Å². The van der Waals surface area contributed by atoms with Crippen LogP contribution in [-0.4, -0.2) is 42.0 Å². The molecule has 3 atom stereocenters. The number of hydrogen-bond acceptors (Lipinski definition) is 5. The van der Waals surface area contributed by atoms with Crippen LogP contribution in [0.5, 0.6) is 5.75 Å². The molecular weight excluding hydrogens is 502 g/mol. The molecule has 2 aromatic heterocycles. The highest BCUT2D eigenvalue weighted by atomic mass is 16.5. The fourth-order valence-corrected chi connectivity index (χ4v) is 6.10. The number of carboxylic acid groups (broad SMARTS) is 1. The number of carboxylic acids is 1. The zero-order valence-corrected chi connectivity index (χ0v) is 23.4. The van der Waals surface area contributed by atoms with Gasteiger partial charge in [0.1, 0.15) is 11.3 Å². The van der Waals surface area contributed by atoms with Crippen molar-refractivity contribution < 1.29 is 14.6 Å². The largest absolute Gasteiger partial charge is 0.490 e. The van der Waals surface area contributed by atoms with Gasteiger partial charge < -0.3 is 9.84 Å². The summed E-state index contributed by atoms with van der Waals surface area (Å²) in [7, 11) is 0. The first-order valence-corrected chi connectivity index (χ1v) is 14.5. The number of hydrogen-bond donors (Lipinski definition) is 1. The van der Waals surface area contributed by atoms with E-state index in [4.69, 9.17) is 4.74 Å². The standard InChI is InChI=1S/C32H37N5O3/c1-20(2)36-19-30(34-35-36)27-17-28(27)31-29(32(38)39)18-33-37(31)25-13-7-11-23(15-25)24-12-8-14-26(16-24)40-21(3)22-9-5-4-6-10-22/h7-8,11-16,18-22,27-28H,4-6,9-10,17H2,1-3H3,(H,38,39)/t21-,27+,28+/m0/s1. The molecule has 4 aromatic rings. The third-order valence-electron chi connectivity index (χ3n) is 8.51. The van der Waals surface area contributed by atoms with Crippen molar-refractivity contribution in [1.29, 1.82) is 0 Å². The Bertz CT molecular complexity index is 1500. The summed E-state index contributed by atoms with van der Waals surface area (Å²) in [4.78, 5) is 12.2. The molecule has 0 spiro atoms. The minimum atomic E-state index is -0.967. The first-order chi connectivity index (χ1) is 19.4. The van der Waals surface area contributed by atoms with Crippen molar-refractivity contribution in [2.45, 2.75) is 83.3 Å². The second-order valence-electron chi connectivity index (χ2n) is 11.6. The molecule has 208 valence electrons. The number of ether oxygens (including phenoxy) is 1. The van der Waals surface area contributed by atoms with Crippen LogP contribution in [0.1, 0.15) is 98.9 Å². The Morgan fingerprint density at radius 2 is 1.75 bits per heavy atom. The van der Waals surface area contributed by atoms with Gasteiger partial charge in [0.25, 0.3) is 0 Å². The van der Waals surface area contributed by atoms with Crippen LogP contribution in [-0.2, 0) is 0 Å². The van der Waals surface area contributed by atoms with Gasteiger partial charge in [-0.05, 0) is 81.3 Å². The Kier molecular flexibility index (Phi) is 7.17. The van der Waals surface area contributed by atoms with Crippen molar-refractivity contribution in [3.63, 3.8) is 0 Å². The van der Waals surface area contributed by atoms with Crippen molar-refractivity contribution in [1.82, 2.24) is 24.8 Å². The lowest BCUT2D eigenvalue weighted by Crippen LogP contribution is -2.25. The maximum atomic E-state index is 12.2. The number of rotatable bonds is 9. The highest BCUT2D eigenvalue weighted by molar-refractivity contribution is 5.89. The van der Waals surface area contributed by atoms with Gasteiger partial charge in [0, 0.05) is 24.1 Å². The molecule has 1 N–H and O–H groups in total. The van der Waals surface area contributed by atoms with Gasteiger partial charge in [-0.15, -0.1) is 5.10 Å². The normalized spacial score (nSPS) is 20.0. The zero-order chi connectivity index (χ0) is 27.8. The van der Waals surface area contributed by atoms with Gasteiger partial charge in [0.15, 0.2) is 0 Å². The van der Waals surface area contributed by atoms with Crippen LogP contribution in [0.25, 0.3) is 16.8 Å². The predicted molar refractivity (Wildman–Crippen MR) is 153 cm³/mol. The summed E-state index contributed by atoms with van der Waals surface area (Å²) >= 11 is 0. The Labute approximate surface area is 235 Å². The molecule has 8 heteroatoms. The lowest BCUT2D eigenvalue weighted by Gasteiger charge is -2.28. The quantitative estimate of drug-likeness (QED) is 0.245. The molecule has 40 heavy (non-hydrogen) atoms. The SMILES string of the molecule is CC(C)n1cc([C@@H]2C[C@H]2c2c(C(=O)O)cnn2-c2cccc(-c3cccc(O[C@@H](C)C4CCCCC4)c3)c2)nn1. The molecule has 0 saturated heterocycles. The molecule has 6 rings (SSSR count). The fourth-order valence-electron chi connectivity index (χ4n) is 6.10. The van der Waals surface area contributed by atoms with Crippen LogP contribution in [0, 0.1) is 5.92 Å². The third-order valence-corrected chi connectivity index (χ3v) is 8.51. The lowest BCUT2D eigenvalue weighted by atomic mass is 9.86. The molecule has 0 bridgehead atoms. The summed E-state index contributed by atoms with van der Waals surface area (Å²) in [5.41, 5.74) is 4.76. The molecule has 0 unspecified atom stereocenters. The van der Waals surface area contributed by atoms with Gasteiger partial charge in [0.05, 0.1) is 29.4 Å². The second kappa shape index (κ2) is 10.9. The minimum absolute atomic E-state index is 0.0209. The van der Waals surface area contributed by atoms with Crippen LogP contribution in [0.3, 0.4) is 0 Å². The van der Waals surface area contributed by atoms with E-state index in [0.717, 1.165) is 34.7 Å². The second-order valence-corrected chi connectivity index (χ2v) is 11.6. The monoisotopic (exact) mass is 539 g/mol. The molecule has 0 aliphatic heterocycles. The zero-order valence-electron chi connectivity index (χ0n) is 23.4. The molecule has 0 radical (unpaired) electrons. The molecular formula is C32H37N5O3. The molecule has 8 nitrogen and oxygen atoms in total. The molecule has 2 heterocycles. The van der Waals surface area contributed by atoms with Crippen molar-refractivity contribution >= 4 is 5.97 Å². The third kappa shape index (κ3) is 5.27. The van der Waals surface area contributed by atoms with Crippen LogP contribution in [0.4, 0.5) is 0 Å². The molecule has 2 aromatic carbocycles. The van der Waals surface area contributed by atoms with E-state index in [1.54, 1.807) is 4.68 Å². The van der Waals surface area contributed by atoms with Gasteiger partial charge in [-0.1, -0.05) is 48.7 Å². The number of benzene rings is 2. The smallest absolute Gasteiger partial charge is 0.339 e. The Balaban J connectivity index is 1.27. The highest BCUT2D eigenvalue weighted by Gasteiger charge is 2.46. The van der Waals surface area contributed by atoms with Crippen LogP contribution >= 0.6 is 0 Å². The topological polar surface area (TPSA) is 95.1 Å². The molecule has 2 aliphatic rings. The first-order valence-electron chi connectivity index (χ1n) is 14.5. The summed E-state index contributed by atoms with van der Waals surface area (Å²) in [6.07, 6.45) is 10.9. The minimum Gasteiger partial charge on any atom is -0.490 e. The fraction of sp³-hybridized carbons (Fsp3) is 0.438. The van der Waals surface area contributed by atoms with E-state index in [0.29, 0.717) is 11.6 Å². The number of nitrogens with zero attached hydrogens (tertiary/aromatic N) is 5. The van der Waals surface area contributed by atoms with E-state index in [2.05, 4.69) is 60.4 Å². The maximum Gasteiger partial charge on any atom is 0.339 e. The first kappa shape index (κ1) is 26.3. The van der Waals surface area contributed by atoms with Crippen LogP contribution in [0.15, 0.2) is 60.9 Å². The van der Waals surface area contributed by atoms with Gasteiger partial charge >= 0.3 is 5.97 Å². The predicted octanol–water partition coefficient (Wildman–Crippen LogP) is 7.03. The summed E-state index contributed by atoms with van der Waals surface area (Å²) in [6, 6.07) is 16.6. The average molecular weight is 540 g/mol. The summed E-state index contributed by atoms with van der Waals surface area (Å²) in [6.45, 7) is 6.32. The number of aromatic nitrogens is 5. The van der Waals surface area contributed by atoms with Gasteiger partial charge in [-0.2, -0.15) is 5.10 Å². The molecule has 0 amide bonds. The van der Waals surface area contributed by atoms with E-state index < -0.39 is 5.97 Å². The van der Waals surface area contributed by atoms with Crippen LogP contribution in [0.2, 0.25) is 0 Å². The van der Waals surface area contributed by atoms with Gasteiger partial charge in [-0.3, -0.25) is 0 Å². The van der Waals surface area contributed by atoms with E-state index in [1.807, 2.05) is 35.1 Å². The Morgan fingerprint density at radius 3 is 2.48 bits per heavy atom.